The zero-order valence-electron chi connectivity index (χ0n) is 4.94. The van der Waals surface area contributed by atoms with Gasteiger partial charge in [0, 0.05) is 19.3 Å². The van der Waals surface area contributed by atoms with Crippen LogP contribution in [0, 0.1) is 0 Å². The van der Waals surface area contributed by atoms with Crippen molar-refractivity contribution in [1.29, 1.82) is 0 Å². The van der Waals surface area contributed by atoms with E-state index in [1.807, 2.05) is 0 Å². The van der Waals surface area contributed by atoms with Crippen LogP contribution >= 0.6 is 0 Å². The first-order valence-electron chi connectivity index (χ1n) is 2.68. The summed E-state index contributed by atoms with van der Waals surface area (Å²) >= 11 is 0. The SMILES string of the molecule is CC1=CCCN1C. The van der Waals surface area contributed by atoms with E-state index < -0.39 is 0 Å². The predicted molar refractivity (Wildman–Crippen MR) is 31.0 cm³/mol. The van der Waals surface area contributed by atoms with Crippen molar-refractivity contribution in [3.05, 3.63) is 11.8 Å². The molecule has 0 atom stereocenters. The van der Waals surface area contributed by atoms with Gasteiger partial charge in [-0.2, -0.15) is 0 Å². The second-order valence-electron chi connectivity index (χ2n) is 2.06. The van der Waals surface area contributed by atoms with Gasteiger partial charge in [0.05, 0.1) is 0 Å². The zero-order chi connectivity index (χ0) is 5.28. The predicted octanol–water partition coefficient (Wildman–Crippen LogP) is 1.23. The van der Waals surface area contributed by atoms with Crippen LogP contribution in [0.5, 0.6) is 0 Å². The first-order valence-corrected chi connectivity index (χ1v) is 2.68. The molecule has 0 amide bonds. The van der Waals surface area contributed by atoms with E-state index in [9.17, 15) is 0 Å². The Morgan fingerprint density at radius 1 is 1.71 bits per heavy atom. The van der Waals surface area contributed by atoms with E-state index >= 15 is 0 Å². The highest BCUT2D eigenvalue weighted by Crippen LogP contribution is 2.09. The molecule has 1 heterocycles. The Labute approximate surface area is 44.6 Å². The molecule has 0 radical (unpaired) electrons. The van der Waals surface area contributed by atoms with Crippen LogP contribution in [0.15, 0.2) is 11.8 Å². The zero-order valence-corrected chi connectivity index (χ0v) is 4.94. The van der Waals surface area contributed by atoms with Crippen molar-refractivity contribution >= 4 is 0 Å². The standard InChI is InChI=1S/C6H11N/c1-6-4-3-5-7(6)2/h4H,3,5H2,1-2H3. The summed E-state index contributed by atoms with van der Waals surface area (Å²) in [5.74, 6) is 0. The monoisotopic (exact) mass is 97.1 g/mol. The number of hydrogen-bond acceptors (Lipinski definition) is 1. The Morgan fingerprint density at radius 3 is 2.57 bits per heavy atom. The van der Waals surface area contributed by atoms with Crippen molar-refractivity contribution in [1.82, 2.24) is 4.90 Å². The Balaban J connectivity index is 2.54. The molecule has 1 aliphatic rings. The molecule has 0 fully saturated rings. The van der Waals surface area contributed by atoms with E-state index in [4.69, 9.17) is 0 Å². The van der Waals surface area contributed by atoms with Gasteiger partial charge in [0.15, 0.2) is 0 Å². The van der Waals surface area contributed by atoms with Gasteiger partial charge in [0.25, 0.3) is 0 Å². The Morgan fingerprint density at radius 2 is 2.43 bits per heavy atom. The van der Waals surface area contributed by atoms with Gasteiger partial charge in [0.2, 0.25) is 0 Å². The maximum absolute atomic E-state index is 2.26. The molecule has 1 aliphatic heterocycles. The molecule has 0 aromatic rings. The molecule has 0 aromatic carbocycles. The van der Waals surface area contributed by atoms with Crippen molar-refractivity contribution in [3.63, 3.8) is 0 Å². The van der Waals surface area contributed by atoms with Gasteiger partial charge in [-0.05, 0) is 13.3 Å². The summed E-state index contributed by atoms with van der Waals surface area (Å²) in [5, 5.41) is 0. The molecule has 0 saturated carbocycles. The highest BCUT2D eigenvalue weighted by Gasteiger charge is 2.02. The molecule has 0 bridgehead atoms. The Hall–Kier alpha value is -0.460. The molecule has 1 heteroatoms. The van der Waals surface area contributed by atoms with Crippen LogP contribution in [-0.4, -0.2) is 18.5 Å². The highest BCUT2D eigenvalue weighted by atomic mass is 15.1. The third-order valence-corrected chi connectivity index (χ3v) is 1.51. The minimum atomic E-state index is 1.21. The second-order valence-corrected chi connectivity index (χ2v) is 2.06. The lowest BCUT2D eigenvalue weighted by atomic mass is 10.4. The molecule has 7 heavy (non-hydrogen) atoms. The van der Waals surface area contributed by atoms with Crippen LogP contribution in [0.25, 0.3) is 0 Å². The van der Waals surface area contributed by atoms with Crippen LogP contribution in [-0.2, 0) is 0 Å². The lowest BCUT2D eigenvalue weighted by Crippen LogP contribution is -2.10. The molecular weight excluding hydrogens is 86.1 g/mol. The first kappa shape index (κ1) is 4.69. The first-order chi connectivity index (χ1) is 3.30. The molecule has 0 spiro atoms. The maximum Gasteiger partial charge on any atom is 0.0206 e. The van der Waals surface area contributed by atoms with E-state index in [0.717, 1.165) is 0 Å². The molecule has 1 rings (SSSR count). The molecule has 0 aliphatic carbocycles. The quantitative estimate of drug-likeness (QED) is 0.439. The lowest BCUT2D eigenvalue weighted by molar-refractivity contribution is 0.460. The van der Waals surface area contributed by atoms with E-state index in [-0.39, 0.29) is 0 Å². The van der Waals surface area contributed by atoms with E-state index in [0.29, 0.717) is 0 Å². The average molecular weight is 97.2 g/mol. The van der Waals surface area contributed by atoms with Gasteiger partial charge in [-0.1, -0.05) is 6.08 Å². The smallest absolute Gasteiger partial charge is 0.0206 e. The molecule has 0 N–H and O–H groups in total. The summed E-state index contributed by atoms with van der Waals surface area (Å²) in [5.41, 5.74) is 1.42. The Kier molecular flexibility index (Phi) is 1.05. The normalized spacial score (nSPS) is 20.3. The van der Waals surface area contributed by atoms with Crippen LogP contribution in [0.2, 0.25) is 0 Å². The van der Waals surface area contributed by atoms with Crippen LogP contribution < -0.4 is 0 Å². The van der Waals surface area contributed by atoms with Crippen LogP contribution in [0.3, 0.4) is 0 Å². The van der Waals surface area contributed by atoms with Gasteiger partial charge in [0.1, 0.15) is 0 Å². The average Bonchev–Trinajstić information content (AvgIpc) is 1.91. The molecular formula is C6H11N. The fourth-order valence-corrected chi connectivity index (χ4v) is 0.799. The fourth-order valence-electron chi connectivity index (χ4n) is 0.799. The van der Waals surface area contributed by atoms with Crippen molar-refractivity contribution in [2.45, 2.75) is 13.3 Å². The second kappa shape index (κ2) is 1.57. The van der Waals surface area contributed by atoms with E-state index in [2.05, 4.69) is 24.9 Å². The summed E-state index contributed by atoms with van der Waals surface area (Å²) in [6, 6.07) is 0. The van der Waals surface area contributed by atoms with Crippen molar-refractivity contribution in [2.75, 3.05) is 13.6 Å². The molecule has 0 unspecified atom stereocenters. The number of rotatable bonds is 0. The summed E-state index contributed by atoms with van der Waals surface area (Å²) < 4.78 is 0. The lowest BCUT2D eigenvalue weighted by Gasteiger charge is -2.10. The summed E-state index contributed by atoms with van der Waals surface area (Å²) in [4.78, 5) is 2.26. The summed E-state index contributed by atoms with van der Waals surface area (Å²) in [7, 11) is 2.12. The molecule has 40 valence electrons. The van der Waals surface area contributed by atoms with Gasteiger partial charge in [-0.3, -0.25) is 0 Å². The van der Waals surface area contributed by atoms with Gasteiger partial charge < -0.3 is 4.90 Å². The summed E-state index contributed by atoms with van der Waals surface area (Å²) in [6.45, 7) is 3.36. The van der Waals surface area contributed by atoms with E-state index in [1.165, 1.54) is 18.7 Å². The topological polar surface area (TPSA) is 3.24 Å². The molecule has 0 saturated heterocycles. The van der Waals surface area contributed by atoms with Crippen molar-refractivity contribution < 1.29 is 0 Å². The minimum absolute atomic E-state index is 1.21. The largest absolute Gasteiger partial charge is 0.378 e. The molecule has 1 nitrogen and oxygen atoms in total. The fraction of sp³-hybridized carbons (Fsp3) is 0.667. The van der Waals surface area contributed by atoms with Gasteiger partial charge >= 0.3 is 0 Å². The van der Waals surface area contributed by atoms with Crippen LogP contribution in [0.1, 0.15) is 13.3 Å². The van der Waals surface area contributed by atoms with Gasteiger partial charge in [-0.25, -0.2) is 0 Å². The third kappa shape index (κ3) is 0.763. The van der Waals surface area contributed by atoms with Crippen LogP contribution in [0.4, 0.5) is 0 Å². The van der Waals surface area contributed by atoms with Crippen molar-refractivity contribution in [2.24, 2.45) is 0 Å². The summed E-state index contributed by atoms with van der Waals surface area (Å²) in [6.07, 6.45) is 3.50. The number of hydrogen-bond donors (Lipinski definition) is 0. The minimum Gasteiger partial charge on any atom is -0.378 e. The molecule has 0 aromatic heterocycles. The number of allylic oxidation sites excluding steroid dienone is 1. The van der Waals surface area contributed by atoms with Gasteiger partial charge in [-0.15, -0.1) is 0 Å². The number of nitrogens with zero attached hydrogens (tertiary/aromatic N) is 1. The highest BCUT2D eigenvalue weighted by molar-refractivity contribution is 5.02. The Bertz CT molecular complexity index is 94.4. The van der Waals surface area contributed by atoms with E-state index in [1.54, 1.807) is 0 Å². The van der Waals surface area contributed by atoms with Crippen molar-refractivity contribution in [3.8, 4) is 0 Å². The third-order valence-electron chi connectivity index (χ3n) is 1.51. The maximum atomic E-state index is 2.26.